The molecule has 7 heteroatoms. The average molecular weight is 299 g/mol. The Balaban J connectivity index is 1.93. The first-order valence-corrected chi connectivity index (χ1v) is 6.95. The van der Waals surface area contributed by atoms with E-state index in [0.717, 1.165) is 19.4 Å². The van der Waals surface area contributed by atoms with Crippen LogP contribution < -0.4 is 4.90 Å². The van der Waals surface area contributed by atoms with Crippen molar-refractivity contribution < 1.29 is 14.4 Å². The van der Waals surface area contributed by atoms with Gasteiger partial charge in [-0.2, -0.15) is 0 Å². The third kappa shape index (κ3) is 2.34. The van der Waals surface area contributed by atoms with E-state index in [-0.39, 0.29) is 10.7 Å². The van der Waals surface area contributed by atoms with Gasteiger partial charge in [-0.1, -0.05) is 17.7 Å². The van der Waals surface area contributed by atoms with E-state index in [0.29, 0.717) is 25.4 Å². The molecule has 1 spiro atoms. The molecule has 0 saturated carbocycles. The standard InChI is InChI=1S/C13H15ClN2O4/c14-10-3-1-4-11(12(10)16(17)18)15-6-2-5-13(9-15)19-7-8-20-13/h1,3-4H,2,5-9H2. The lowest BCUT2D eigenvalue weighted by molar-refractivity contribution is -0.384. The second kappa shape index (κ2) is 5.20. The maximum atomic E-state index is 11.2. The predicted molar refractivity (Wildman–Crippen MR) is 74.2 cm³/mol. The molecule has 2 saturated heterocycles. The van der Waals surface area contributed by atoms with Gasteiger partial charge < -0.3 is 14.4 Å². The number of para-hydroxylation sites is 1. The summed E-state index contributed by atoms with van der Waals surface area (Å²) in [5.41, 5.74) is 0.477. The zero-order valence-corrected chi connectivity index (χ0v) is 11.6. The number of benzene rings is 1. The normalized spacial score (nSPS) is 21.4. The number of ether oxygens (including phenoxy) is 2. The maximum Gasteiger partial charge on any atom is 0.310 e. The SMILES string of the molecule is O=[N+]([O-])c1c(Cl)cccc1N1CCCC2(C1)OCCO2. The Kier molecular flexibility index (Phi) is 3.54. The first-order valence-electron chi connectivity index (χ1n) is 6.57. The van der Waals surface area contributed by atoms with Crippen molar-refractivity contribution >= 4 is 23.0 Å². The molecule has 0 atom stereocenters. The van der Waals surface area contributed by atoms with Crippen LogP contribution in [0.15, 0.2) is 18.2 Å². The molecule has 0 bridgehead atoms. The maximum absolute atomic E-state index is 11.2. The van der Waals surface area contributed by atoms with Gasteiger partial charge >= 0.3 is 5.69 Å². The van der Waals surface area contributed by atoms with Crippen molar-refractivity contribution in [3.8, 4) is 0 Å². The second-order valence-electron chi connectivity index (χ2n) is 5.00. The number of rotatable bonds is 2. The summed E-state index contributed by atoms with van der Waals surface area (Å²) in [6.45, 7) is 2.38. The lowest BCUT2D eigenvalue weighted by Crippen LogP contribution is -2.49. The molecule has 0 aromatic heterocycles. The molecule has 2 aliphatic heterocycles. The van der Waals surface area contributed by atoms with Crippen molar-refractivity contribution in [2.45, 2.75) is 18.6 Å². The van der Waals surface area contributed by atoms with Gasteiger partial charge in [0.1, 0.15) is 10.7 Å². The molecule has 1 aromatic carbocycles. The Morgan fingerprint density at radius 1 is 1.35 bits per heavy atom. The van der Waals surface area contributed by atoms with Crippen molar-refractivity contribution in [3.63, 3.8) is 0 Å². The summed E-state index contributed by atoms with van der Waals surface area (Å²) in [6, 6.07) is 4.98. The van der Waals surface area contributed by atoms with Crippen molar-refractivity contribution in [3.05, 3.63) is 33.3 Å². The van der Waals surface area contributed by atoms with Crippen LogP contribution in [0, 0.1) is 10.1 Å². The highest BCUT2D eigenvalue weighted by Gasteiger charge is 2.42. The lowest BCUT2D eigenvalue weighted by atomic mass is 10.0. The van der Waals surface area contributed by atoms with Gasteiger partial charge in [0.2, 0.25) is 0 Å². The smallest absolute Gasteiger partial charge is 0.310 e. The van der Waals surface area contributed by atoms with E-state index in [2.05, 4.69) is 0 Å². The van der Waals surface area contributed by atoms with Crippen LogP contribution in [0.25, 0.3) is 0 Å². The van der Waals surface area contributed by atoms with Gasteiger partial charge in [-0.25, -0.2) is 0 Å². The fourth-order valence-electron chi connectivity index (χ4n) is 2.87. The van der Waals surface area contributed by atoms with E-state index in [9.17, 15) is 10.1 Å². The van der Waals surface area contributed by atoms with Crippen LogP contribution in [0.1, 0.15) is 12.8 Å². The molecule has 0 N–H and O–H groups in total. The summed E-state index contributed by atoms with van der Waals surface area (Å²) in [6.07, 6.45) is 1.68. The Bertz CT molecular complexity index is 531. The van der Waals surface area contributed by atoms with Crippen molar-refractivity contribution in [2.24, 2.45) is 0 Å². The van der Waals surface area contributed by atoms with E-state index in [4.69, 9.17) is 21.1 Å². The molecule has 2 fully saturated rings. The number of piperidine rings is 1. The van der Waals surface area contributed by atoms with Gasteiger partial charge in [0, 0.05) is 13.0 Å². The van der Waals surface area contributed by atoms with E-state index in [1.165, 1.54) is 6.07 Å². The highest BCUT2D eigenvalue weighted by atomic mass is 35.5. The molecule has 0 unspecified atom stereocenters. The molecule has 20 heavy (non-hydrogen) atoms. The first-order chi connectivity index (χ1) is 9.61. The van der Waals surface area contributed by atoms with Crippen molar-refractivity contribution in [2.75, 3.05) is 31.2 Å². The number of halogens is 1. The summed E-state index contributed by atoms with van der Waals surface area (Å²) < 4.78 is 11.4. The van der Waals surface area contributed by atoms with Crippen molar-refractivity contribution in [1.29, 1.82) is 0 Å². The number of hydrogen-bond donors (Lipinski definition) is 0. The van der Waals surface area contributed by atoms with E-state index < -0.39 is 10.7 Å². The van der Waals surface area contributed by atoms with Gasteiger partial charge in [-0.3, -0.25) is 10.1 Å². The van der Waals surface area contributed by atoms with E-state index >= 15 is 0 Å². The van der Waals surface area contributed by atoms with Crippen LogP contribution in [-0.4, -0.2) is 37.0 Å². The minimum atomic E-state index is -0.617. The molecule has 3 rings (SSSR count). The van der Waals surface area contributed by atoms with E-state index in [1.807, 2.05) is 4.90 Å². The molecular weight excluding hydrogens is 284 g/mol. The lowest BCUT2D eigenvalue weighted by Gasteiger charge is -2.39. The minimum Gasteiger partial charge on any atom is -0.361 e. The fourth-order valence-corrected chi connectivity index (χ4v) is 3.10. The zero-order chi connectivity index (χ0) is 14.2. The van der Waals surface area contributed by atoms with Gasteiger partial charge in [-0.05, 0) is 18.6 Å². The monoisotopic (exact) mass is 298 g/mol. The Morgan fingerprint density at radius 2 is 2.10 bits per heavy atom. The van der Waals surface area contributed by atoms with Crippen LogP contribution in [0.4, 0.5) is 11.4 Å². The molecule has 0 aliphatic carbocycles. The fraction of sp³-hybridized carbons (Fsp3) is 0.538. The number of nitro benzene ring substituents is 1. The Hall–Kier alpha value is -1.37. The molecule has 2 aliphatic rings. The van der Waals surface area contributed by atoms with Crippen LogP contribution >= 0.6 is 11.6 Å². The minimum absolute atomic E-state index is 0.0517. The largest absolute Gasteiger partial charge is 0.361 e. The number of nitro groups is 1. The van der Waals surface area contributed by atoms with Crippen molar-refractivity contribution in [1.82, 2.24) is 0 Å². The Morgan fingerprint density at radius 3 is 2.80 bits per heavy atom. The summed E-state index contributed by atoms with van der Waals surface area (Å²) in [5, 5.41) is 11.4. The van der Waals surface area contributed by atoms with Gasteiger partial charge in [0.05, 0.1) is 24.7 Å². The highest BCUT2D eigenvalue weighted by molar-refractivity contribution is 6.33. The quantitative estimate of drug-likeness (QED) is 0.620. The molecule has 108 valence electrons. The summed E-state index contributed by atoms with van der Waals surface area (Å²) in [5.74, 6) is -0.617. The predicted octanol–water partition coefficient (Wildman–Crippen LogP) is 2.59. The second-order valence-corrected chi connectivity index (χ2v) is 5.40. The molecule has 0 amide bonds. The molecule has 1 aromatic rings. The number of hydrogen-bond acceptors (Lipinski definition) is 5. The first kappa shape index (κ1) is 13.6. The van der Waals surface area contributed by atoms with Gasteiger partial charge in [-0.15, -0.1) is 0 Å². The topological polar surface area (TPSA) is 64.8 Å². The zero-order valence-electron chi connectivity index (χ0n) is 10.9. The summed E-state index contributed by atoms with van der Waals surface area (Å²) >= 11 is 5.96. The van der Waals surface area contributed by atoms with Gasteiger partial charge in [0.15, 0.2) is 5.79 Å². The van der Waals surface area contributed by atoms with Crippen LogP contribution in [0.2, 0.25) is 5.02 Å². The molecule has 2 heterocycles. The highest BCUT2D eigenvalue weighted by Crippen LogP contribution is 2.39. The van der Waals surface area contributed by atoms with Crippen LogP contribution in [0.5, 0.6) is 0 Å². The van der Waals surface area contributed by atoms with Crippen LogP contribution in [-0.2, 0) is 9.47 Å². The summed E-state index contributed by atoms with van der Waals surface area (Å²) in [4.78, 5) is 12.7. The third-order valence-electron chi connectivity index (χ3n) is 3.72. The number of nitrogens with zero attached hydrogens (tertiary/aromatic N) is 2. The third-order valence-corrected chi connectivity index (χ3v) is 4.02. The molecule has 0 radical (unpaired) electrons. The summed E-state index contributed by atoms with van der Waals surface area (Å²) in [7, 11) is 0. The van der Waals surface area contributed by atoms with Crippen LogP contribution in [0.3, 0.4) is 0 Å². The average Bonchev–Trinajstić information content (AvgIpc) is 2.86. The number of anilines is 1. The van der Waals surface area contributed by atoms with Gasteiger partial charge in [0.25, 0.3) is 0 Å². The van der Waals surface area contributed by atoms with E-state index in [1.54, 1.807) is 12.1 Å². The molecular formula is C13H15ClN2O4. The Labute approximate surface area is 121 Å². The molecule has 6 nitrogen and oxygen atoms in total.